The van der Waals surface area contributed by atoms with Crippen LogP contribution in [-0.4, -0.2) is 54.5 Å². The number of aliphatic hydroxyl groups excluding tert-OH is 1. The summed E-state index contributed by atoms with van der Waals surface area (Å²) in [6, 6.07) is 0. The number of amides is 2. The van der Waals surface area contributed by atoms with Gasteiger partial charge in [-0.05, 0) is 6.42 Å². The van der Waals surface area contributed by atoms with Gasteiger partial charge in [0, 0.05) is 19.5 Å². The molecule has 20 heavy (non-hydrogen) atoms. The predicted molar refractivity (Wildman–Crippen MR) is 61.7 cm³/mol. The van der Waals surface area contributed by atoms with Gasteiger partial charge in [0.1, 0.15) is 6.10 Å². The van der Waals surface area contributed by atoms with E-state index in [-0.39, 0.29) is 19.5 Å². The molecule has 0 aromatic rings. The SMILES string of the molecule is CCC1OC(C(=O)NCCNC(=O)C(F)(F)F)CC1O. The first-order chi connectivity index (χ1) is 9.25. The average Bonchev–Trinajstić information content (AvgIpc) is 2.74. The molecule has 1 rings (SSSR count). The lowest BCUT2D eigenvalue weighted by atomic mass is 10.1. The van der Waals surface area contributed by atoms with Gasteiger partial charge < -0.3 is 20.5 Å². The van der Waals surface area contributed by atoms with E-state index in [0.717, 1.165) is 0 Å². The molecule has 0 saturated carbocycles. The first-order valence-corrected chi connectivity index (χ1v) is 6.22. The van der Waals surface area contributed by atoms with Crippen molar-refractivity contribution in [3.05, 3.63) is 0 Å². The summed E-state index contributed by atoms with van der Waals surface area (Å²) in [5, 5.41) is 13.5. The Morgan fingerprint density at radius 3 is 2.40 bits per heavy atom. The van der Waals surface area contributed by atoms with Gasteiger partial charge in [0.05, 0.1) is 12.2 Å². The molecule has 3 N–H and O–H groups in total. The van der Waals surface area contributed by atoms with Crippen LogP contribution in [0.4, 0.5) is 13.2 Å². The third-order valence-electron chi connectivity index (χ3n) is 2.89. The minimum Gasteiger partial charge on any atom is -0.390 e. The topological polar surface area (TPSA) is 87.7 Å². The highest BCUT2D eigenvalue weighted by Gasteiger charge is 2.38. The first-order valence-electron chi connectivity index (χ1n) is 6.22. The van der Waals surface area contributed by atoms with Gasteiger partial charge in [0.15, 0.2) is 0 Å². The Bertz CT molecular complexity index is 362. The summed E-state index contributed by atoms with van der Waals surface area (Å²) in [6.45, 7) is 1.32. The van der Waals surface area contributed by atoms with E-state index in [1.165, 1.54) is 0 Å². The zero-order valence-corrected chi connectivity index (χ0v) is 10.9. The largest absolute Gasteiger partial charge is 0.471 e. The fraction of sp³-hybridized carbons (Fsp3) is 0.818. The second kappa shape index (κ2) is 6.89. The van der Waals surface area contributed by atoms with Crippen LogP contribution in [0.15, 0.2) is 0 Å². The highest BCUT2D eigenvalue weighted by molar-refractivity contribution is 5.82. The molecule has 2 amide bonds. The van der Waals surface area contributed by atoms with Crippen LogP contribution in [0.5, 0.6) is 0 Å². The van der Waals surface area contributed by atoms with E-state index in [1.54, 1.807) is 12.2 Å². The molecular formula is C11H17F3N2O4. The molecule has 0 bridgehead atoms. The van der Waals surface area contributed by atoms with Crippen LogP contribution in [0.3, 0.4) is 0 Å². The number of alkyl halides is 3. The van der Waals surface area contributed by atoms with Crippen LogP contribution in [-0.2, 0) is 14.3 Å². The molecule has 9 heteroatoms. The number of carbonyl (C=O) groups is 2. The number of carbonyl (C=O) groups excluding carboxylic acids is 2. The molecule has 1 aliphatic rings. The first kappa shape index (κ1) is 16.7. The molecule has 0 aliphatic carbocycles. The summed E-state index contributed by atoms with van der Waals surface area (Å²) < 4.78 is 40.9. The molecule has 6 nitrogen and oxygen atoms in total. The van der Waals surface area contributed by atoms with E-state index < -0.39 is 36.3 Å². The van der Waals surface area contributed by atoms with Crippen LogP contribution in [0.1, 0.15) is 19.8 Å². The lowest BCUT2D eigenvalue weighted by molar-refractivity contribution is -0.173. The number of hydrogen-bond donors (Lipinski definition) is 3. The van der Waals surface area contributed by atoms with Gasteiger partial charge in [0.2, 0.25) is 5.91 Å². The third-order valence-corrected chi connectivity index (χ3v) is 2.89. The number of nitrogens with one attached hydrogen (secondary N) is 2. The summed E-state index contributed by atoms with van der Waals surface area (Å²) in [7, 11) is 0. The van der Waals surface area contributed by atoms with E-state index in [4.69, 9.17) is 4.74 Å². The van der Waals surface area contributed by atoms with E-state index in [1.807, 2.05) is 0 Å². The molecule has 1 heterocycles. The molecule has 1 aliphatic heterocycles. The zero-order chi connectivity index (χ0) is 15.3. The number of ether oxygens (including phenoxy) is 1. The van der Waals surface area contributed by atoms with Crippen LogP contribution >= 0.6 is 0 Å². The summed E-state index contributed by atoms with van der Waals surface area (Å²) >= 11 is 0. The molecule has 0 spiro atoms. The minimum absolute atomic E-state index is 0.145. The average molecular weight is 298 g/mol. The normalized spacial score (nSPS) is 26.4. The Balaban J connectivity index is 2.23. The van der Waals surface area contributed by atoms with Gasteiger partial charge in [-0.1, -0.05) is 6.92 Å². The fourth-order valence-electron chi connectivity index (χ4n) is 1.84. The molecule has 0 aromatic heterocycles. The molecule has 116 valence electrons. The number of rotatable bonds is 5. The third kappa shape index (κ3) is 4.64. The van der Waals surface area contributed by atoms with Crippen molar-refractivity contribution in [3.63, 3.8) is 0 Å². The van der Waals surface area contributed by atoms with E-state index in [2.05, 4.69) is 5.32 Å². The van der Waals surface area contributed by atoms with Gasteiger partial charge in [-0.25, -0.2) is 0 Å². The molecule has 0 aromatic carbocycles. The molecule has 1 fully saturated rings. The van der Waals surface area contributed by atoms with Crippen molar-refractivity contribution in [2.24, 2.45) is 0 Å². The van der Waals surface area contributed by atoms with Gasteiger partial charge in [-0.15, -0.1) is 0 Å². The standard InChI is InChI=1S/C11H17F3N2O4/c1-2-7-6(17)5-8(20-7)9(18)15-3-4-16-10(19)11(12,13)14/h6-8,17H,2-5H2,1H3,(H,15,18)(H,16,19). The van der Waals surface area contributed by atoms with E-state index in [9.17, 15) is 27.9 Å². The van der Waals surface area contributed by atoms with Crippen molar-refractivity contribution in [3.8, 4) is 0 Å². The lowest BCUT2D eigenvalue weighted by Gasteiger charge is -2.13. The summed E-state index contributed by atoms with van der Waals surface area (Å²) in [5.74, 6) is -2.56. The highest BCUT2D eigenvalue weighted by Crippen LogP contribution is 2.22. The quantitative estimate of drug-likeness (QED) is 0.609. The van der Waals surface area contributed by atoms with E-state index >= 15 is 0 Å². The Hall–Kier alpha value is -1.35. The number of aliphatic hydroxyl groups is 1. The molecular weight excluding hydrogens is 281 g/mol. The summed E-state index contributed by atoms with van der Waals surface area (Å²) in [4.78, 5) is 22.1. The molecule has 3 atom stereocenters. The van der Waals surface area contributed by atoms with Crippen molar-refractivity contribution in [2.45, 2.75) is 44.3 Å². The fourth-order valence-corrected chi connectivity index (χ4v) is 1.84. The Morgan fingerprint density at radius 2 is 1.90 bits per heavy atom. The van der Waals surface area contributed by atoms with Crippen molar-refractivity contribution < 1.29 is 32.6 Å². The Kier molecular flexibility index (Phi) is 5.75. The zero-order valence-electron chi connectivity index (χ0n) is 10.9. The maximum atomic E-state index is 11.9. The van der Waals surface area contributed by atoms with E-state index in [0.29, 0.717) is 6.42 Å². The number of hydrogen-bond acceptors (Lipinski definition) is 4. The summed E-state index contributed by atoms with van der Waals surface area (Å²) in [6.07, 6.45) is -6.16. The van der Waals surface area contributed by atoms with Crippen LogP contribution in [0, 0.1) is 0 Å². The second-order valence-electron chi connectivity index (χ2n) is 4.42. The van der Waals surface area contributed by atoms with Crippen LogP contribution in [0.25, 0.3) is 0 Å². The highest BCUT2D eigenvalue weighted by atomic mass is 19.4. The van der Waals surface area contributed by atoms with Gasteiger partial charge in [0.25, 0.3) is 0 Å². The molecule has 1 saturated heterocycles. The van der Waals surface area contributed by atoms with Crippen LogP contribution < -0.4 is 10.6 Å². The van der Waals surface area contributed by atoms with Crippen molar-refractivity contribution >= 4 is 11.8 Å². The van der Waals surface area contributed by atoms with Crippen molar-refractivity contribution in [2.75, 3.05) is 13.1 Å². The van der Waals surface area contributed by atoms with Gasteiger partial charge >= 0.3 is 12.1 Å². The molecule has 3 unspecified atom stereocenters. The van der Waals surface area contributed by atoms with Gasteiger partial charge in [-0.2, -0.15) is 13.2 Å². The summed E-state index contributed by atoms with van der Waals surface area (Å²) in [5.41, 5.74) is 0. The Morgan fingerprint density at radius 1 is 1.30 bits per heavy atom. The smallest absolute Gasteiger partial charge is 0.390 e. The lowest BCUT2D eigenvalue weighted by Crippen LogP contribution is -2.43. The predicted octanol–water partition coefficient (Wildman–Crippen LogP) is -0.291. The maximum absolute atomic E-state index is 11.9. The Labute approximate surface area is 113 Å². The minimum atomic E-state index is -4.93. The molecule has 0 radical (unpaired) electrons. The van der Waals surface area contributed by atoms with Crippen molar-refractivity contribution in [1.29, 1.82) is 0 Å². The maximum Gasteiger partial charge on any atom is 0.471 e. The number of halogens is 3. The van der Waals surface area contributed by atoms with Crippen molar-refractivity contribution in [1.82, 2.24) is 10.6 Å². The monoisotopic (exact) mass is 298 g/mol. The van der Waals surface area contributed by atoms with Gasteiger partial charge in [-0.3, -0.25) is 9.59 Å². The van der Waals surface area contributed by atoms with Crippen LogP contribution in [0.2, 0.25) is 0 Å². The second-order valence-corrected chi connectivity index (χ2v) is 4.42.